The number of nitrogens with zero attached hydrogens (tertiary/aromatic N) is 3. The highest BCUT2D eigenvalue weighted by Crippen LogP contribution is 2.34. The van der Waals surface area contributed by atoms with Crippen LogP contribution >= 0.6 is 7.60 Å². The average Bonchev–Trinajstić information content (AvgIpc) is 2.59. The first-order valence-corrected chi connectivity index (χ1v) is 9.71. The predicted octanol–water partition coefficient (Wildman–Crippen LogP) is 1.54. The molecule has 0 bridgehead atoms. The molecule has 3 rings (SSSR count). The van der Waals surface area contributed by atoms with Crippen molar-refractivity contribution in [3.8, 4) is 5.75 Å². The van der Waals surface area contributed by atoms with E-state index in [1.807, 2.05) is 24.3 Å². The summed E-state index contributed by atoms with van der Waals surface area (Å²) in [6, 6.07) is 7.93. The largest absolute Gasteiger partial charge is 0.497 e. The number of pyridine rings is 1. The zero-order valence-corrected chi connectivity index (χ0v) is 14.5. The number of benzene rings is 1. The van der Waals surface area contributed by atoms with E-state index in [0.29, 0.717) is 6.54 Å². The van der Waals surface area contributed by atoms with E-state index in [1.165, 1.54) is 0 Å². The van der Waals surface area contributed by atoms with Crippen molar-refractivity contribution in [3.05, 3.63) is 30.5 Å². The maximum absolute atomic E-state index is 11.0. The van der Waals surface area contributed by atoms with E-state index < -0.39 is 7.60 Å². The van der Waals surface area contributed by atoms with Gasteiger partial charge in [-0.2, -0.15) is 0 Å². The van der Waals surface area contributed by atoms with Crippen molar-refractivity contribution in [3.63, 3.8) is 0 Å². The lowest BCUT2D eigenvalue weighted by molar-refractivity contribution is 0.264. The average molecular weight is 351 g/mol. The van der Waals surface area contributed by atoms with Gasteiger partial charge in [-0.1, -0.05) is 0 Å². The highest BCUT2D eigenvalue weighted by atomic mass is 31.2. The maximum atomic E-state index is 11.0. The molecule has 8 heteroatoms. The molecule has 1 aliphatic rings. The normalized spacial score (nSPS) is 16.5. The monoisotopic (exact) mass is 351 g/mol. The highest BCUT2D eigenvalue weighted by Gasteiger charge is 2.22. The van der Waals surface area contributed by atoms with Crippen molar-refractivity contribution >= 4 is 24.2 Å². The molecule has 2 aromatic rings. The molecule has 2 heterocycles. The maximum Gasteiger partial charge on any atom is 0.326 e. The molecular formula is C16H22N3O4P. The molecule has 7 nitrogen and oxygen atoms in total. The summed E-state index contributed by atoms with van der Waals surface area (Å²) in [6.45, 7) is 3.55. The third-order valence-corrected chi connectivity index (χ3v) is 5.11. The fraction of sp³-hybridized carbons (Fsp3) is 0.438. The molecule has 130 valence electrons. The van der Waals surface area contributed by atoms with Gasteiger partial charge in [0, 0.05) is 44.3 Å². The molecule has 0 amide bonds. The van der Waals surface area contributed by atoms with E-state index in [4.69, 9.17) is 14.5 Å². The Kier molecular flexibility index (Phi) is 5.06. The SMILES string of the molecule is COc1ccc2c(N3CCN(CCP(=O)(O)O)CC3)nccc2c1. The third kappa shape index (κ3) is 4.05. The minimum Gasteiger partial charge on any atom is -0.497 e. The summed E-state index contributed by atoms with van der Waals surface area (Å²) in [7, 11) is -2.27. The summed E-state index contributed by atoms with van der Waals surface area (Å²) in [6.07, 6.45) is 1.72. The molecule has 0 saturated carbocycles. The van der Waals surface area contributed by atoms with Crippen LogP contribution in [0.5, 0.6) is 5.75 Å². The highest BCUT2D eigenvalue weighted by molar-refractivity contribution is 7.51. The molecule has 0 radical (unpaired) electrons. The molecule has 2 N–H and O–H groups in total. The van der Waals surface area contributed by atoms with Gasteiger partial charge < -0.3 is 19.4 Å². The molecular weight excluding hydrogens is 329 g/mol. The number of methoxy groups -OCH3 is 1. The van der Waals surface area contributed by atoms with Crippen LogP contribution < -0.4 is 9.64 Å². The molecule has 0 spiro atoms. The van der Waals surface area contributed by atoms with Crippen LogP contribution in [0.4, 0.5) is 5.82 Å². The number of ether oxygens (including phenoxy) is 1. The van der Waals surface area contributed by atoms with Crippen LogP contribution in [0.25, 0.3) is 10.8 Å². The van der Waals surface area contributed by atoms with Gasteiger partial charge in [-0.25, -0.2) is 4.98 Å². The lowest BCUT2D eigenvalue weighted by atomic mass is 10.1. The number of piperazine rings is 1. The Morgan fingerprint density at radius 2 is 1.96 bits per heavy atom. The molecule has 0 atom stereocenters. The van der Waals surface area contributed by atoms with Crippen LogP contribution in [0.15, 0.2) is 30.5 Å². The minimum absolute atomic E-state index is 0.0840. The summed E-state index contributed by atoms with van der Waals surface area (Å²) in [4.78, 5) is 26.8. The van der Waals surface area contributed by atoms with Crippen LogP contribution in [-0.2, 0) is 4.57 Å². The molecule has 1 aliphatic heterocycles. The van der Waals surface area contributed by atoms with Crippen LogP contribution in [0, 0.1) is 0 Å². The zero-order chi connectivity index (χ0) is 17.2. The Labute approximate surface area is 141 Å². The number of hydrogen-bond acceptors (Lipinski definition) is 5. The van der Waals surface area contributed by atoms with E-state index in [9.17, 15) is 4.57 Å². The second-order valence-corrected chi connectivity index (χ2v) is 7.72. The zero-order valence-electron chi connectivity index (χ0n) is 13.6. The van der Waals surface area contributed by atoms with Gasteiger partial charge in [0.15, 0.2) is 0 Å². The van der Waals surface area contributed by atoms with Gasteiger partial charge in [0.2, 0.25) is 0 Å². The van der Waals surface area contributed by atoms with Crippen molar-refractivity contribution in [2.45, 2.75) is 0 Å². The Morgan fingerprint density at radius 1 is 1.21 bits per heavy atom. The van der Waals surface area contributed by atoms with Gasteiger partial charge >= 0.3 is 7.60 Å². The molecule has 1 aromatic heterocycles. The molecule has 1 aromatic carbocycles. The van der Waals surface area contributed by atoms with Gasteiger partial charge in [0.1, 0.15) is 11.6 Å². The fourth-order valence-corrected chi connectivity index (χ4v) is 3.52. The Balaban J connectivity index is 1.70. The van der Waals surface area contributed by atoms with Crippen LogP contribution in [0.1, 0.15) is 0 Å². The van der Waals surface area contributed by atoms with Crippen LogP contribution in [-0.4, -0.2) is 65.7 Å². The van der Waals surface area contributed by atoms with Gasteiger partial charge in [-0.3, -0.25) is 9.46 Å². The molecule has 1 fully saturated rings. The molecule has 0 aliphatic carbocycles. The van der Waals surface area contributed by atoms with Crippen molar-refractivity contribution in [1.29, 1.82) is 0 Å². The van der Waals surface area contributed by atoms with Crippen LogP contribution in [0.2, 0.25) is 0 Å². The van der Waals surface area contributed by atoms with Gasteiger partial charge in [-0.15, -0.1) is 0 Å². The number of fused-ring (bicyclic) bond motifs is 1. The molecule has 24 heavy (non-hydrogen) atoms. The quantitative estimate of drug-likeness (QED) is 0.790. The summed E-state index contributed by atoms with van der Waals surface area (Å²) in [5, 5.41) is 2.17. The Morgan fingerprint density at radius 3 is 2.62 bits per heavy atom. The second kappa shape index (κ2) is 7.07. The van der Waals surface area contributed by atoms with E-state index in [2.05, 4.69) is 14.8 Å². The van der Waals surface area contributed by atoms with Gasteiger partial charge in [0.05, 0.1) is 13.3 Å². The topological polar surface area (TPSA) is 86.1 Å². The summed E-state index contributed by atoms with van der Waals surface area (Å²) in [5.74, 6) is 1.77. The summed E-state index contributed by atoms with van der Waals surface area (Å²) < 4.78 is 16.3. The lowest BCUT2D eigenvalue weighted by Crippen LogP contribution is -2.47. The van der Waals surface area contributed by atoms with E-state index in [1.54, 1.807) is 13.3 Å². The van der Waals surface area contributed by atoms with Crippen molar-refractivity contribution in [2.75, 3.05) is 50.9 Å². The van der Waals surface area contributed by atoms with E-state index in [-0.39, 0.29) is 6.16 Å². The summed E-state index contributed by atoms with van der Waals surface area (Å²) in [5.41, 5.74) is 0. The van der Waals surface area contributed by atoms with E-state index in [0.717, 1.165) is 48.5 Å². The Bertz CT molecular complexity index is 756. The number of anilines is 1. The van der Waals surface area contributed by atoms with Gasteiger partial charge in [-0.05, 0) is 29.7 Å². The van der Waals surface area contributed by atoms with Crippen molar-refractivity contribution in [2.24, 2.45) is 0 Å². The Hall–Kier alpha value is -1.66. The first-order valence-electron chi connectivity index (χ1n) is 7.91. The molecule has 1 saturated heterocycles. The summed E-state index contributed by atoms with van der Waals surface area (Å²) >= 11 is 0. The smallest absolute Gasteiger partial charge is 0.326 e. The predicted molar refractivity (Wildman–Crippen MR) is 93.9 cm³/mol. The minimum atomic E-state index is -3.93. The number of aromatic nitrogens is 1. The number of rotatable bonds is 5. The third-order valence-electron chi connectivity index (χ3n) is 4.33. The standard InChI is InChI=1S/C16H22N3O4P/c1-23-14-2-3-15-13(12-14)4-5-17-16(15)19-8-6-18(7-9-19)10-11-24(20,21)22/h2-5,12H,6-11H2,1H3,(H2,20,21,22). The first-order chi connectivity index (χ1) is 11.5. The fourth-order valence-electron chi connectivity index (χ4n) is 2.97. The van der Waals surface area contributed by atoms with Crippen molar-refractivity contribution < 1.29 is 19.1 Å². The first kappa shape index (κ1) is 17.2. The van der Waals surface area contributed by atoms with E-state index >= 15 is 0 Å². The van der Waals surface area contributed by atoms with Crippen molar-refractivity contribution in [1.82, 2.24) is 9.88 Å². The molecule has 0 unspecified atom stereocenters. The number of hydrogen-bond donors (Lipinski definition) is 2. The lowest BCUT2D eigenvalue weighted by Gasteiger charge is -2.35. The van der Waals surface area contributed by atoms with Crippen LogP contribution in [0.3, 0.4) is 0 Å². The second-order valence-electron chi connectivity index (χ2n) is 5.94. The van der Waals surface area contributed by atoms with Gasteiger partial charge in [0.25, 0.3) is 0 Å².